The van der Waals surface area contributed by atoms with E-state index in [1.807, 2.05) is 39.8 Å². The van der Waals surface area contributed by atoms with E-state index in [-0.39, 0.29) is 54.8 Å². The number of hydrogen-bond donors (Lipinski definition) is 0. The molecule has 4 aliphatic rings. The molecule has 0 spiro atoms. The standard InChI is InChI=1S/C44H20F4N6O4S2/c1-43(2)25-5-24-26(6-23(25)41-31(57-43)11-33(59-41)53-37-35(17(13-49)14-50)19-7-27(45)29(47)9-21(19)39(37)55)44(3,4)58-32-12-34(60-42(24)32)54-38-36(18(15-51)16-52)20-8-28(46)30(48)10-22(20)40(38)56/h5-12H,1-4H3. The minimum Gasteiger partial charge on any atom is -0.482 e. The first-order chi connectivity index (χ1) is 28.5. The number of halogens is 4. The van der Waals surface area contributed by atoms with Gasteiger partial charge in [-0.25, -0.2) is 27.5 Å². The Morgan fingerprint density at radius 2 is 0.867 bits per heavy atom. The number of Topliss-reactive ketones (excluding diaryl/α,β-unsaturated/α-hetero) is 2. The molecule has 0 radical (unpaired) electrons. The van der Waals surface area contributed by atoms with Crippen LogP contribution in [0, 0.1) is 68.6 Å². The van der Waals surface area contributed by atoms with Gasteiger partial charge in [0.1, 0.15) is 79.5 Å². The van der Waals surface area contributed by atoms with Crippen LogP contribution in [-0.4, -0.2) is 23.0 Å². The van der Waals surface area contributed by atoms with E-state index in [4.69, 9.17) is 9.47 Å². The molecule has 2 aromatic heterocycles. The van der Waals surface area contributed by atoms with Gasteiger partial charge < -0.3 is 9.47 Å². The van der Waals surface area contributed by atoms with Gasteiger partial charge in [-0.2, -0.15) is 21.0 Å². The lowest BCUT2D eigenvalue weighted by Gasteiger charge is -2.38. The van der Waals surface area contributed by atoms with Crippen LogP contribution < -0.4 is 9.47 Å². The lowest BCUT2D eigenvalue weighted by molar-refractivity contribution is 0.102. The zero-order valence-electron chi connectivity index (χ0n) is 31.3. The number of carbonyl (C=O) groups excluding carboxylic acids is 2. The minimum atomic E-state index is -1.27. The number of thiophene rings is 2. The van der Waals surface area contributed by atoms with Gasteiger partial charge >= 0.3 is 0 Å². The highest BCUT2D eigenvalue weighted by molar-refractivity contribution is 7.20. The summed E-state index contributed by atoms with van der Waals surface area (Å²) in [4.78, 5) is 37.5. The van der Waals surface area contributed by atoms with Crippen LogP contribution in [0.3, 0.4) is 0 Å². The summed E-state index contributed by atoms with van der Waals surface area (Å²) in [6, 6.07) is 17.0. The Labute approximate surface area is 345 Å². The molecule has 0 amide bonds. The van der Waals surface area contributed by atoms with E-state index in [0.29, 0.717) is 21.3 Å². The number of hydrogen-bond acceptors (Lipinski definition) is 12. The van der Waals surface area contributed by atoms with Crippen molar-refractivity contribution in [3.05, 3.63) is 116 Å². The van der Waals surface area contributed by atoms with Crippen molar-refractivity contribution in [2.45, 2.75) is 38.9 Å². The Morgan fingerprint density at radius 1 is 0.533 bits per heavy atom. The molecule has 0 saturated carbocycles. The highest BCUT2D eigenvalue weighted by atomic mass is 32.1. The second kappa shape index (κ2) is 13.0. The van der Waals surface area contributed by atoms with Gasteiger partial charge in [-0.3, -0.25) is 9.59 Å². The monoisotopic (exact) mass is 836 g/mol. The van der Waals surface area contributed by atoms with Crippen LogP contribution in [0.25, 0.3) is 32.0 Å². The van der Waals surface area contributed by atoms with Gasteiger partial charge in [-0.05, 0) is 64.1 Å². The second-order valence-corrected chi connectivity index (χ2v) is 16.9. The Hall–Kier alpha value is -7.50. The molecule has 5 aromatic rings. The van der Waals surface area contributed by atoms with Gasteiger partial charge in [0.2, 0.25) is 11.6 Å². The van der Waals surface area contributed by atoms with Crippen molar-refractivity contribution in [2.75, 3.05) is 0 Å². The molecule has 0 fully saturated rings. The number of nitriles is 4. The number of aliphatic imine (C=N–C) groups is 2. The van der Waals surface area contributed by atoms with Crippen molar-refractivity contribution < 1.29 is 36.6 Å². The normalized spacial score (nSPS) is 17.2. The van der Waals surface area contributed by atoms with Crippen LogP contribution in [0.1, 0.15) is 70.7 Å². The topological polar surface area (TPSA) is 172 Å². The van der Waals surface area contributed by atoms with Gasteiger partial charge in [0.25, 0.3) is 0 Å². The summed E-state index contributed by atoms with van der Waals surface area (Å²) in [5.41, 5.74) is -1.61. The fourth-order valence-corrected chi connectivity index (χ4v) is 9.81. The predicted molar refractivity (Wildman–Crippen MR) is 212 cm³/mol. The molecule has 60 heavy (non-hydrogen) atoms. The molecule has 2 aliphatic carbocycles. The second-order valence-electron chi connectivity index (χ2n) is 14.9. The third kappa shape index (κ3) is 5.46. The molecule has 2 aliphatic heterocycles. The Morgan fingerprint density at radius 3 is 1.20 bits per heavy atom. The van der Waals surface area contributed by atoms with Gasteiger partial charge in [0, 0.05) is 67.8 Å². The van der Waals surface area contributed by atoms with Crippen molar-refractivity contribution in [1.29, 1.82) is 21.0 Å². The number of rotatable bonds is 2. The van der Waals surface area contributed by atoms with E-state index in [1.54, 1.807) is 36.4 Å². The van der Waals surface area contributed by atoms with Crippen molar-refractivity contribution >= 4 is 66.8 Å². The molecule has 4 heterocycles. The Balaban J connectivity index is 1.16. The largest absolute Gasteiger partial charge is 0.482 e. The summed E-state index contributed by atoms with van der Waals surface area (Å²) in [5.74, 6) is -5.78. The molecule has 0 bridgehead atoms. The Bertz CT molecular complexity index is 3000. The van der Waals surface area contributed by atoms with Crippen molar-refractivity contribution in [2.24, 2.45) is 9.98 Å². The summed E-state index contributed by atoms with van der Waals surface area (Å²) in [6.45, 7) is 7.44. The van der Waals surface area contributed by atoms with Crippen molar-refractivity contribution in [3.8, 4) is 56.7 Å². The van der Waals surface area contributed by atoms with E-state index < -0.39 is 57.2 Å². The highest BCUT2D eigenvalue weighted by Gasteiger charge is 2.42. The smallest absolute Gasteiger partial charge is 0.212 e. The highest BCUT2D eigenvalue weighted by Crippen LogP contribution is 2.58. The van der Waals surface area contributed by atoms with E-state index in [2.05, 4.69) is 9.98 Å². The molecule has 0 atom stereocenters. The fourth-order valence-electron chi connectivity index (χ4n) is 7.83. The molecule has 9 rings (SSSR count). The molecular formula is C44H20F4N6O4S2. The number of carbonyl (C=O) groups is 2. The van der Waals surface area contributed by atoms with Crippen LogP contribution in [0.5, 0.6) is 11.5 Å². The molecule has 0 unspecified atom stereocenters. The summed E-state index contributed by atoms with van der Waals surface area (Å²) >= 11 is 2.31. The first-order valence-electron chi connectivity index (χ1n) is 17.7. The summed E-state index contributed by atoms with van der Waals surface area (Å²) in [7, 11) is 0. The maximum atomic E-state index is 14.4. The first-order valence-corrected chi connectivity index (χ1v) is 19.3. The minimum absolute atomic E-state index is 0.118. The maximum Gasteiger partial charge on any atom is 0.212 e. The first kappa shape index (κ1) is 38.0. The van der Waals surface area contributed by atoms with E-state index >= 15 is 0 Å². The van der Waals surface area contributed by atoms with Crippen molar-refractivity contribution in [3.63, 3.8) is 0 Å². The lowest BCUT2D eigenvalue weighted by atomic mass is 9.81. The Kier molecular flexibility index (Phi) is 8.24. The number of ether oxygens (including phenoxy) is 2. The van der Waals surface area contributed by atoms with Gasteiger partial charge in [0.05, 0.1) is 9.75 Å². The average Bonchev–Trinajstić information content (AvgIpc) is 3.92. The quantitative estimate of drug-likeness (QED) is 0.125. The number of ketones is 2. The van der Waals surface area contributed by atoms with E-state index in [9.17, 15) is 48.2 Å². The maximum absolute atomic E-state index is 14.4. The molecule has 16 heteroatoms. The summed E-state index contributed by atoms with van der Waals surface area (Å²) in [5, 5.41) is 39.4. The molecule has 10 nitrogen and oxygen atoms in total. The van der Waals surface area contributed by atoms with Gasteiger partial charge in [-0.15, -0.1) is 22.7 Å². The number of benzene rings is 3. The average molecular weight is 837 g/mol. The lowest BCUT2D eigenvalue weighted by Crippen LogP contribution is -2.32. The molecule has 3 aromatic carbocycles. The van der Waals surface area contributed by atoms with Crippen LogP contribution in [0.4, 0.5) is 27.6 Å². The van der Waals surface area contributed by atoms with Crippen LogP contribution in [0.15, 0.2) is 69.7 Å². The summed E-state index contributed by atoms with van der Waals surface area (Å²) in [6.07, 6.45) is 0. The number of fused-ring (bicyclic) bond motifs is 8. The van der Waals surface area contributed by atoms with Crippen molar-refractivity contribution in [1.82, 2.24) is 0 Å². The zero-order valence-corrected chi connectivity index (χ0v) is 32.9. The SMILES string of the molecule is CC1(C)Oc2cc(N=C3C(=O)c4cc(F)c(F)cc4C3=C(C#N)C#N)sc2-c2cc3c(cc21)-c1sc(N=C2C(=O)c4cc(F)c(F)cc4C2=C(C#N)C#N)cc1OC3(C)C. The fraction of sp³-hybridized carbons (Fsp3) is 0.136. The molecule has 0 saturated heterocycles. The molecule has 0 N–H and O–H groups in total. The molecule has 290 valence electrons. The third-order valence-electron chi connectivity index (χ3n) is 10.5. The predicted octanol–water partition coefficient (Wildman–Crippen LogP) is 10.5. The van der Waals surface area contributed by atoms with Gasteiger partial charge in [0.15, 0.2) is 23.3 Å². The van der Waals surface area contributed by atoms with Crippen LogP contribution in [0.2, 0.25) is 0 Å². The molecular weight excluding hydrogens is 817 g/mol. The third-order valence-corrected chi connectivity index (χ3v) is 12.6. The number of nitrogens with zero attached hydrogens (tertiary/aromatic N) is 6. The van der Waals surface area contributed by atoms with Gasteiger partial charge in [-0.1, -0.05) is 0 Å². The van der Waals surface area contributed by atoms with E-state index in [0.717, 1.165) is 69.2 Å². The van der Waals surface area contributed by atoms with Crippen LogP contribution in [-0.2, 0) is 11.2 Å². The van der Waals surface area contributed by atoms with Crippen LogP contribution >= 0.6 is 22.7 Å². The number of allylic oxidation sites excluding steroid dienone is 4. The van der Waals surface area contributed by atoms with E-state index in [1.165, 1.54) is 0 Å². The summed E-state index contributed by atoms with van der Waals surface area (Å²) < 4.78 is 70.2. The zero-order chi connectivity index (χ0) is 42.7.